The standard InChI is InChI=1S/C22H21BrN2O3/c23-13-8-10-14(11-9-13)24-20(26)19-18-15-5-1-2-7-17(15)28-22(25-21(19)27)12-4-3-6-16(18)22/h1-2,5,7-11,16,18-19H,3-4,6,12H2,(H,24,26)(H,25,27)/t16-,18+,19-,22+/m0/s1. The van der Waals surface area contributed by atoms with Crippen molar-refractivity contribution in [3.05, 3.63) is 58.6 Å². The second-order valence-electron chi connectivity index (χ2n) is 7.87. The number of fused-ring (bicyclic) bond motifs is 2. The van der Waals surface area contributed by atoms with Crippen LogP contribution in [0.1, 0.15) is 37.2 Å². The average molecular weight is 441 g/mol. The second-order valence-corrected chi connectivity index (χ2v) is 8.79. The van der Waals surface area contributed by atoms with Gasteiger partial charge in [-0.15, -0.1) is 0 Å². The molecule has 5 nitrogen and oxygen atoms in total. The van der Waals surface area contributed by atoms with Crippen molar-refractivity contribution in [2.75, 3.05) is 5.32 Å². The number of para-hydroxylation sites is 1. The minimum Gasteiger partial charge on any atom is -0.467 e. The van der Waals surface area contributed by atoms with E-state index in [0.717, 1.165) is 41.5 Å². The van der Waals surface area contributed by atoms with Crippen LogP contribution in [0.2, 0.25) is 0 Å². The monoisotopic (exact) mass is 440 g/mol. The Morgan fingerprint density at radius 2 is 1.93 bits per heavy atom. The second kappa shape index (κ2) is 6.62. The number of hydrogen-bond donors (Lipinski definition) is 2. The lowest BCUT2D eigenvalue weighted by molar-refractivity contribution is -0.160. The predicted octanol–water partition coefficient (Wildman–Crippen LogP) is 4.20. The molecule has 2 amide bonds. The molecule has 6 heteroatoms. The maximum Gasteiger partial charge on any atom is 0.237 e. The Bertz CT molecular complexity index is 945. The van der Waals surface area contributed by atoms with Crippen LogP contribution >= 0.6 is 15.9 Å². The molecule has 2 fully saturated rings. The number of rotatable bonds is 2. The van der Waals surface area contributed by atoms with Gasteiger partial charge in [-0.25, -0.2) is 0 Å². The molecule has 144 valence electrons. The van der Waals surface area contributed by atoms with Gasteiger partial charge in [0.1, 0.15) is 11.7 Å². The molecule has 0 unspecified atom stereocenters. The van der Waals surface area contributed by atoms with Gasteiger partial charge in [0.2, 0.25) is 11.8 Å². The van der Waals surface area contributed by atoms with Crippen molar-refractivity contribution in [3.8, 4) is 5.75 Å². The lowest BCUT2D eigenvalue weighted by Gasteiger charge is -2.55. The van der Waals surface area contributed by atoms with E-state index in [2.05, 4.69) is 26.6 Å². The van der Waals surface area contributed by atoms with Crippen LogP contribution in [0, 0.1) is 11.8 Å². The number of ether oxygens (including phenoxy) is 1. The normalized spacial score (nSPS) is 30.3. The summed E-state index contributed by atoms with van der Waals surface area (Å²) < 4.78 is 7.29. The van der Waals surface area contributed by atoms with E-state index in [-0.39, 0.29) is 23.7 Å². The first-order chi connectivity index (χ1) is 13.6. The van der Waals surface area contributed by atoms with E-state index >= 15 is 0 Å². The van der Waals surface area contributed by atoms with Crippen molar-refractivity contribution in [2.45, 2.75) is 37.3 Å². The molecule has 2 aliphatic heterocycles. The number of benzene rings is 2. The molecule has 28 heavy (non-hydrogen) atoms. The molecular weight excluding hydrogens is 420 g/mol. The fourth-order valence-corrected chi connectivity index (χ4v) is 5.37. The first-order valence-corrected chi connectivity index (χ1v) is 10.5. The summed E-state index contributed by atoms with van der Waals surface area (Å²) >= 11 is 3.40. The van der Waals surface area contributed by atoms with Crippen LogP contribution in [0.15, 0.2) is 53.0 Å². The lowest BCUT2D eigenvalue weighted by Crippen LogP contribution is -2.69. The van der Waals surface area contributed by atoms with Crippen molar-refractivity contribution >= 4 is 33.4 Å². The van der Waals surface area contributed by atoms with Gasteiger partial charge in [0.05, 0.1) is 0 Å². The summed E-state index contributed by atoms with van der Waals surface area (Å²) in [6.45, 7) is 0. The third kappa shape index (κ3) is 2.73. The van der Waals surface area contributed by atoms with Gasteiger partial charge in [-0.1, -0.05) is 40.5 Å². The van der Waals surface area contributed by atoms with Gasteiger partial charge < -0.3 is 15.4 Å². The maximum absolute atomic E-state index is 13.2. The van der Waals surface area contributed by atoms with Gasteiger partial charge in [0.25, 0.3) is 0 Å². The van der Waals surface area contributed by atoms with Crippen LogP contribution in [0.3, 0.4) is 0 Å². The highest BCUT2D eigenvalue weighted by atomic mass is 79.9. The quantitative estimate of drug-likeness (QED) is 0.687. The number of anilines is 1. The molecular formula is C22H21BrN2O3. The number of nitrogens with one attached hydrogen (secondary N) is 2. The topological polar surface area (TPSA) is 67.4 Å². The van der Waals surface area contributed by atoms with Crippen LogP contribution in [0.5, 0.6) is 5.75 Å². The predicted molar refractivity (Wildman–Crippen MR) is 109 cm³/mol. The molecule has 2 bridgehead atoms. The Labute approximate surface area is 172 Å². The molecule has 5 rings (SSSR count). The van der Waals surface area contributed by atoms with E-state index in [1.54, 1.807) is 0 Å². The third-order valence-corrected chi connectivity index (χ3v) is 6.82. The van der Waals surface area contributed by atoms with Crippen LogP contribution in [0.4, 0.5) is 5.69 Å². The van der Waals surface area contributed by atoms with E-state index in [1.807, 2.05) is 48.5 Å². The first kappa shape index (κ1) is 17.7. The number of carbonyl (C=O) groups is 2. The van der Waals surface area contributed by atoms with Gasteiger partial charge in [-0.2, -0.15) is 0 Å². The summed E-state index contributed by atoms with van der Waals surface area (Å²) in [5.74, 6) is -0.561. The van der Waals surface area contributed by atoms with E-state index in [1.165, 1.54) is 0 Å². The number of carbonyl (C=O) groups excluding carboxylic acids is 2. The average Bonchev–Trinajstić information content (AvgIpc) is 2.68. The summed E-state index contributed by atoms with van der Waals surface area (Å²) in [5.41, 5.74) is 0.973. The molecule has 2 N–H and O–H groups in total. The highest BCUT2D eigenvalue weighted by molar-refractivity contribution is 9.10. The molecule has 2 heterocycles. The fraction of sp³-hybridized carbons (Fsp3) is 0.364. The van der Waals surface area contributed by atoms with Crippen LogP contribution in [-0.4, -0.2) is 17.5 Å². The number of halogens is 1. The Balaban J connectivity index is 1.54. The molecule has 1 saturated heterocycles. The van der Waals surface area contributed by atoms with Crippen LogP contribution < -0.4 is 15.4 Å². The summed E-state index contributed by atoms with van der Waals surface area (Å²) in [6, 6.07) is 15.2. The molecule has 3 aliphatic rings. The van der Waals surface area contributed by atoms with Gasteiger partial charge in [-0.3, -0.25) is 9.59 Å². The van der Waals surface area contributed by atoms with Crippen molar-refractivity contribution < 1.29 is 14.3 Å². The zero-order valence-electron chi connectivity index (χ0n) is 15.3. The van der Waals surface area contributed by atoms with E-state index in [4.69, 9.17) is 4.74 Å². The summed E-state index contributed by atoms with van der Waals surface area (Å²) in [5, 5.41) is 6.04. The molecule has 4 atom stereocenters. The minimum atomic E-state index is -0.773. The zero-order chi connectivity index (χ0) is 19.3. The Kier molecular flexibility index (Phi) is 4.19. The Morgan fingerprint density at radius 1 is 1.14 bits per heavy atom. The fourth-order valence-electron chi connectivity index (χ4n) is 5.11. The van der Waals surface area contributed by atoms with Gasteiger partial charge in [-0.05, 0) is 48.7 Å². The van der Waals surface area contributed by atoms with Crippen molar-refractivity contribution in [2.24, 2.45) is 11.8 Å². The van der Waals surface area contributed by atoms with Gasteiger partial charge in [0.15, 0.2) is 5.72 Å². The van der Waals surface area contributed by atoms with Crippen LogP contribution in [-0.2, 0) is 9.59 Å². The molecule has 0 radical (unpaired) electrons. The molecule has 0 spiro atoms. The number of piperidine rings is 1. The summed E-state index contributed by atoms with van der Waals surface area (Å²) in [7, 11) is 0. The highest BCUT2D eigenvalue weighted by Crippen LogP contribution is 2.55. The molecule has 1 saturated carbocycles. The number of hydrogen-bond acceptors (Lipinski definition) is 3. The summed E-state index contributed by atoms with van der Waals surface area (Å²) in [6.07, 6.45) is 3.84. The highest BCUT2D eigenvalue weighted by Gasteiger charge is 2.60. The molecule has 1 aliphatic carbocycles. The molecule has 0 aromatic heterocycles. The van der Waals surface area contributed by atoms with Crippen molar-refractivity contribution in [1.82, 2.24) is 5.32 Å². The Hall–Kier alpha value is -2.34. The smallest absolute Gasteiger partial charge is 0.237 e. The lowest BCUT2D eigenvalue weighted by atomic mass is 9.62. The molecule has 2 aromatic rings. The Morgan fingerprint density at radius 3 is 2.75 bits per heavy atom. The molecule has 2 aromatic carbocycles. The third-order valence-electron chi connectivity index (χ3n) is 6.29. The van der Waals surface area contributed by atoms with Gasteiger partial charge >= 0.3 is 0 Å². The zero-order valence-corrected chi connectivity index (χ0v) is 16.9. The van der Waals surface area contributed by atoms with E-state index < -0.39 is 11.6 Å². The van der Waals surface area contributed by atoms with Crippen LogP contribution in [0.25, 0.3) is 0 Å². The van der Waals surface area contributed by atoms with E-state index in [0.29, 0.717) is 5.69 Å². The minimum absolute atomic E-state index is 0.106. The van der Waals surface area contributed by atoms with Crippen molar-refractivity contribution in [3.63, 3.8) is 0 Å². The maximum atomic E-state index is 13.2. The SMILES string of the molecule is O=C(Nc1ccc(Br)cc1)[C@H]1C(=O)N[C@@]23CCCC[C@H]2[C@H]1c1ccccc1O3. The van der Waals surface area contributed by atoms with E-state index in [9.17, 15) is 9.59 Å². The first-order valence-electron chi connectivity index (χ1n) is 9.74. The van der Waals surface area contributed by atoms with Crippen molar-refractivity contribution in [1.29, 1.82) is 0 Å². The largest absolute Gasteiger partial charge is 0.467 e. The summed E-state index contributed by atoms with van der Waals surface area (Å²) in [4.78, 5) is 26.3. The van der Waals surface area contributed by atoms with Gasteiger partial charge in [0, 0.05) is 28.4 Å². The number of amides is 2.